The van der Waals surface area contributed by atoms with E-state index in [-0.39, 0.29) is 10.9 Å². The van der Waals surface area contributed by atoms with Crippen molar-refractivity contribution in [3.05, 3.63) is 90.5 Å². The lowest BCUT2D eigenvalue weighted by Crippen LogP contribution is -2.40. The van der Waals surface area contributed by atoms with Crippen LogP contribution >= 0.6 is 0 Å². The minimum Gasteiger partial charge on any atom is -0.413 e. The predicted octanol–water partition coefficient (Wildman–Crippen LogP) is 7.39. The summed E-state index contributed by atoms with van der Waals surface area (Å²) in [7, 11) is -1.86. The third-order valence-electron chi connectivity index (χ3n) is 7.36. The van der Waals surface area contributed by atoms with Crippen LogP contribution in [0, 0.1) is 5.82 Å². The summed E-state index contributed by atoms with van der Waals surface area (Å²) >= 11 is 0. The molecule has 0 aliphatic rings. The van der Waals surface area contributed by atoms with Gasteiger partial charge >= 0.3 is 0 Å². The number of nitrogen functional groups attached to an aromatic ring is 1. The second-order valence-corrected chi connectivity index (χ2v) is 15.8. The van der Waals surface area contributed by atoms with Crippen LogP contribution in [0.1, 0.15) is 26.3 Å². The molecule has 0 spiro atoms. The van der Waals surface area contributed by atoms with E-state index in [1.54, 1.807) is 24.5 Å². The molecule has 0 atom stereocenters. The Balaban J connectivity index is 1.59. The van der Waals surface area contributed by atoms with Gasteiger partial charge in [-0.15, -0.1) is 0 Å². The van der Waals surface area contributed by atoms with Crippen LogP contribution < -0.4 is 5.73 Å². The van der Waals surface area contributed by atoms with Crippen molar-refractivity contribution in [1.82, 2.24) is 19.5 Å². The minimum atomic E-state index is -1.86. The van der Waals surface area contributed by atoms with E-state index in [0.29, 0.717) is 18.2 Å². The van der Waals surface area contributed by atoms with Crippen LogP contribution in [0.2, 0.25) is 18.1 Å². The molecule has 3 heterocycles. The molecular weight excluding hydrogens is 493 g/mol. The normalized spacial score (nSPS) is 12.3. The molecule has 0 aliphatic carbocycles. The standard InChI is InChI=1S/C30H32FN5OSi/c1-30(2,3)38(4,5)37-19-20-8-14-24(15-9-20)36-26(25-7-6-16-33-27(25)32)17-22-18-34-28(35-29(22)36)21-10-12-23(31)13-11-21/h6-18H,19H2,1-5H3,(H2,32,33). The molecule has 8 heteroatoms. The van der Waals surface area contributed by atoms with Crippen LogP contribution in [0.5, 0.6) is 0 Å². The maximum Gasteiger partial charge on any atom is 0.192 e. The molecule has 2 aromatic carbocycles. The van der Waals surface area contributed by atoms with Crippen LogP contribution in [0.25, 0.3) is 39.4 Å². The number of halogens is 1. The predicted molar refractivity (Wildman–Crippen MR) is 154 cm³/mol. The third-order valence-corrected chi connectivity index (χ3v) is 11.8. The van der Waals surface area contributed by atoms with Crippen LogP contribution in [0.3, 0.4) is 0 Å². The maximum atomic E-state index is 13.5. The molecule has 5 rings (SSSR count). The van der Waals surface area contributed by atoms with E-state index < -0.39 is 8.32 Å². The Bertz CT molecular complexity index is 1590. The number of fused-ring (bicyclic) bond motifs is 1. The van der Waals surface area contributed by atoms with Crippen molar-refractivity contribution in [2.45, 2.75) is 45.5 Å². The fraction of sp³-hybridized carbons (Fsp3) is 0.233. The second kappa shape index (κ2) is 9.77. The summed E-state index contributed by atoms with van der Waals surface area (Å²) < 4.78 is 22.0. The Kier molecular flexibility index (Phi) is 6.62. The molecule has 3 aromatic heterocycles. The van der Waals surface area contributed by atoms with E-state index in [2.05, 4.69) is 72.7 Å². The number of hydrogen-bond donors (Lipinski definition) is 1. The lowest BCUT2D eigenvalue weighted by atomic mass is 10.1. The van der Waals surface area contributed by atoms with Gasteiger partial charge in [0.1, 0.15) is 17.3 Å². The maximum absolute atomic E-state index is 13.5. The molecule has 5 aromatic rings. The zero-order valence-corrected chi connectivity index (χ0v) is 23.4. The van der Waals surface area contributed by atoms with Gasteiger partial charge in [-0.05, 0) is 78.3 Å². The number of anilines is 1. The zero-order chi connectivity index (χ0) is 27.1. The smallest absolute Gasteiger partial charge is 0.192 e. The summed E-state index contributed by atoms with van der Waals surface area (Å²) in [5.41, 5.74) is 11.5. The van der Waals surface area contributed by atoms with Crippen molar-refractivity contribution in [2.75, 3.05) is 5.73 Å². The first-order valence-corrected chi connectivity index (χ1v) is 15.5. The minimum absolute atomic E-state index is 0.150. The molecule has 0 fully saturated rings. The summed E-state index contributed by atoms with van der Waals surface area (Å²) in [5, 5.41) is 1.01. The highest BCUT2D eigenvalue weighted by Crippen LogP contribution is 2.37. The Labute approximate surface area is 223 Å². The Hall–Kier alpha value is -3.88. The SMILES string of the molecule is CC(C)(C)[Si](C)(C)OCc1ccc(-n2c(-c3cccnc3N)cc3cnc(-c4ccc(F)cc4)nc32)cc1. The van der Waals surface area contributed by atoms with Crippen molar-refractivity contribution >= 4 is 25.2 Å². The van der Waals surface area contributed by atoms with E-state index in [0.717, 1.165) is 39.1 Å². The second-order valence-electron chi connectivity index (χ2n) is 11.0. The van der Waals surface area contributed by atoms with Crippen molar-refractivity contribution in [2.24, 2.45) is 0 Å². The number of pyridine rings is 1. The summed E-state index contributed by atoms with van der Waals surface area (Å²) in [6, 6.07) is 20.3. The molecule has 6 nitrogen and oxygen atoms in total. The van der Waals surface area contributed by atoms with E-state index in [1.165, 1.54) is 12.1 Å². The highest BCUT2D eigenvalue weighted by atomic mass is 28.4. The lowest BCUT2D eigenvalue weighted by Gasteiger charge is -2.36. The van der Waals surface area contributed by atoms with Gasteiger partial charge in [-0.1, -0.05) is 32.9 Å². The molecule has 38 heavy (non-hydrogen) atoms. The fourth-order valence-corrected chi connectivity index (χ4v) is 5.00. The topological polar surface area (TPSA) is 78.9 Å². The number of benzene rings is 2. The van der Waals surface area contributed by atoms with E-state index >= 15 is 0 Å². The number of aromatic nitrogens is 4. The van der Waals surface area contributed by atoms with Gasteiger partial charge in [0, 0.05) is 34.6 Å². The summed E-state index contributed by atoms with van der Waals surface area (Å²) in [4.78, 5) is 13.7. The van der Waals surface area contributed by atoms with Crippen molar-refractivity contribution < 1.29 is 8.82 Å². The molecule has 0 saturated carbocycles. The third kappa shape index (κ3) is 4.97. The van der Waals surface area contributed by atoms with Crippen molar-refractivity contribution in [3.8, 4) is 28.3 Å². The first-order valence-electron chi connectivity index (χ1n) is 12.6. The van der Waals surface area contributed by atoms with Gasteiger partial charge < -0.3 is 10.2 Å². The largest absolute Gasteiger partial charge is 0.413 e. The molecule has 194 valence electrons. The number of hydrogen-bond acceptors (Lipinski definition) is 5. The van der Waals surface area contributed by atoms with Gasteiger partial charge in [0.05, 0.1) is 12.3 Å². The van der Waals surface area contributed by atoms with Crippen LogP contribution in [0.4, 0.5) is 10.2 Å². The molecular formula is C30H32FN5OSi. The van der Waals surface area contributed by atoms with E-state index in [1.807, 2.05) is 18.2 Å². The van der Waals surface area contributed by atoms with E-state index in [9.17, 15) is 4.39 Å². The molecule has 0 amide bonds. The van der Waals surface area contributed by atoms with Crippen molar-refractivity contribution in [1.29, 1.82) is 0 Å². The van der Waals surface area contributed by atoms with Gasteiger partial charge in [-0.25, -0.2) is 19.3 Å². The monoisotopic (exact) mass is 525 g/mol. The molecule has 0 radical (unpaired) electrons. The Morgan fingerprint density at radius 2 is 1.68 bits per heavy atom. The molecule has 2 N–H and O–H groups in total. The summed E-state index contributed by atoms with van der Waals surface area (Å²) in [5.74, 6) is 0.648. The highest BCUT2D eigenvalue weighted by Gasteiger charge is 2.37. The molecule has 0 aliphatic heterocycles. The van der Waals surface area contributed by atoms with Gasteiger partial charge in [0.15, 0.2) is 14.1 Å². The lowest BCUT2D eigenvalue weighted by molar-refractivity contribution is 0.276. The number of nitrogens with zero attached hydrogens (tertiary/aromatic N) is 4. The summed E-state index contributed by atoms with van der Waals surface area (Å²) in [6.07, 6.45) is 3.46. The quantitative estimate of drug-likeness (QED) is 0.234. The first-order chi connectivity index (χ1) is 18.0. The highest BCUT2D eigenvalue weighted by molar-refractivity contribution is 6.74. The van der Waals surface area contributed by atoms with Crippen LogP contribution in [-0.2, 0) is 11.0 Å². The fourth-order valence-electron chi connectivity index (χ4n) is 4.04. The van der Waals surface area contributed by atoms with Crippen LogP contribution in [0.15, 0.2) is 79.1 Å². The Morgan fingerprint density at radius 3 is 2.34 bits per heavy atom. The summed E-state index contributed by atoms with van der Waals surface area (Å²) in [6.45, 7) is 11.8. The van der Waals surface area contributed by atoms with Gasteiger partial charge in [-0.3, -0.25) is 4.57 Å². The van der Waals surface area contributed by atoms with Gasteiger partial charge in [0.25, 0.3) is 0 Å². The number of rotatable bonds is 6. The van der Waals surface area contributed by atoms with Gasteiger partial charge in [-0.2, -0.15) is 0 Å². The van der Waals surface area contributed by atoms with Crippen molar-refractivity contribution in [3.63, 3.8) is 0 Å². The first kappa shape index (κ1) is 25.8. The number of nitrogens with two attached hydrogens (primary N) is 1. The van der Waals surface area contributed by atoms with Gasteiger partial charge in [0.2, 0.25) is 0 Å². The average Bonchev–Trinajstić information content (AvgIpc) is 3.26. The molecule has 0 saturated heterocycles. The molecule has 0 bridgehead atoms. The Morgan fingerprint density at radius 1 is 0.974 bits per heavy atom. The van der Waals surface area contributed by atoms with Crippen LogP contribution in [-0.4, -0.2) is 27.8 Å². The molecule has 0 unspecified atom stereocenters. The average molecular weight is 526 g/mol. The van der Waals surface area contributed by atoms with E-state index in [4.69, 9.17) is 15.1 Å². The zero-order valence-electron chi connectivity index (χ0n) is 22.4.